The van der Waals surface area contributed by atoms with Gasteiger partial charge in [-0.2, -0.15) is 0 Å². The van der Waals surface area contributed by atoms with Crippen LogP contribution in [0.15, 0.2) is 16.8 Å². The van der Waals surface area contributed by atoms with Gasteiger partial charge in [-0.05, 0) is 0 Å². The molecule has 0 aliphatic carbocycles. The van der Waals surface area contributed by atoms with Gasteiger partial charge in [0.05, 0.1) is 0 Å². The quantitative estimate of drug-likeness (QED) is 0.538. The summed E-state index contributed by atoms with van der Waals surface area (Å²) in [7, 11) is 0. The van der Waals surface area contributed by atoms with Crippen LogP contribution in [0.5, 0.6) is 0 Å². The first-order valence-electron chi connectivity index (χ1n) is 1.63. The van der Waals surface area contributed by atoms with Gasteiger partial charge in [0, 0.05) is 0 Å². The molecule has 0 atom stereocenters. The molecular weight excluding hydrogens is 199 g/mol. The molecule has 2 heteroatoms. The molecule has 0 aromatic carbocycles. The van der Waals surface area contributed by atoms with E-state index in [4.69, 9.17) is 0 Å². The van der Waals surface area contributed by atoms with E-state index < -0.39 is 0 Å². The molecule has 0 unspecified atom stereocenters. The van der Waals surface area contributed by atoms with Crippen LogP contribution in [0.4, 0.5) is 0 Å². The van der Waals surface area contributed by atoms with Gasteiger partial charge >= 0.3 is 54.3 Å². The van der Waals surface area contributed by atoms with Gasteiger partial charge in [-0.3, -0.25) is 0 Å². The topological polar surface area (TPSA) is 0 Å². The number of rotatable bonds is 0. The van der Waals surface area contributed by atoms with Gasteiger partial charge in [-0.25, -0.2) is 0 Å². The van der Waals surface area contributed by atoms with E-state index >= 15 is 0 Å². The molecule has 0 aliphatic rings. The Morgan fingerprint density at radius 3 is 2.67 bits per heavy atom. The zero-order chi connectivity index (χ0) is 4.41. The van der Waals surface area contributed by atoms with Gasteiger partial charge in [0.25, 0.3) is 0 Å². The third-order valence-corrected chi connectivity index (χ3v) is 2.69. The summed E-state index contributed by atoms with van der Waals surface area (Å²) in [5.74, 6) is 0. The van der Waals surface area contributed by atoms with Crippen LogP contribution in [0.1, 0.15) is 0 Å². The zero-order valence-corrected chi connectivity index (χ0v) is 6.81. The Morgan fingerprint density at radius 1 is 1.67 bits per heavy atom. The first-order chi connectivity index (χ1) is 2.89. The number of thiophene rings is 1. The maximum atomic E-state index is 2.16. The van der Waals surface area contributed by atoms with Crippen LogP contribution in [0.2, 0.25) is 0 Å². The molecule has 3 radical (unpaired) electrons. The van der Waals surface area contributed by atoms with E-state index in [2.05, 4.69) is 16.8 Å². The zero-order valence-electron chi connectivity index (χ0n) is 3.14. The second-order valence-electron chi connectivity index (χ2n) is 1.01. The summed E-state index contributed by atoms with van der Waals surface area (Å²) in [6.45, 7) is 0. The average Bonchev–Trinajstić information content (AvgIpc) is 1.86. The first-order valence-corrected chi connectivity index (χ1v) is 4.00. The number of hydrogen-bond acceptors (Lipinski definition) is 1. The van der Waals surface area contributed by atoms with Crippen LogP contribution in [0, 0.1) is 0 Å². The van der Waals surface area contributed by atoms with Crippen molar-refractivity contribution in [1.82, 2.24) is 0 Å². The Balaban J connectivity index is 3.05. The minimum absolute atomic E-state index is 1.45. The molecule has 1 heterocycles. The van der Waals surface area contributed by atoms with Gasteiger partial charge in [0.2, 0.25) is 0 Å². The molecule has 0 bridgehead atoms. The van der Waals surface area contributed by atoms with Crippen molar-refractivity contribution < 1.29 is 0 Å². The Kier molecular flexibility index (Phi) is 1.53. The molecule has 1 rings (SSSR count). The summed E-state index contributed by atoms with van der Waals surface area (Å²) in [6, 6.07) is 2.14. The fourth-order valence-electron chi connectivity index (χ4n) is 0.264. The Hall–Kier alpha value is 0.499. The first kappa shape index (κ1) is 4.65. The molecular formula is C4H3SSn. The molecule has 6 heavy (non-hydrogen) atoms. The molecule has 0 saturated heterocycles. The predicted octanol–water partition coefficient (Wildman–Crippen LogP) is 0.542. The van der Waals surface area contributed by atoms with Crippen molar-refractivity contribution >= 4 is 37.4 Å². The van der Waals surface area contributed by atoms with Crippen molar-refractivity contribution in [2.75, 3.05) is 0 Å². The van der Waals surface area contributed by atoms with Crippen LogP contribution < -0.4 is 3.58 Å². The summed E-state index contributed by atoms with van der Waals surface area (Å²) in [5.41, 5.74) is 0. The van der Waals surface area contributed by atoms with Crippen LogP contribution in [0.3, 0.4) is 0 Å². The van der Waals surface area contributed by atoms with Crippen molar-refractivity contribution in [1.29, 1.82) is 0 Å². The third-order valence-electron chi connectivity index (χ3n) is 0.521. The Bertz CT molecular complexity index is 111. The standard InChI is InChI=1S/C4H3S.Sn/c1-2-4-5-3-1;/h1,3-4H;. The molecule has 0 fully saturated rings. The predicted molar refractivity (Wildman–Crippen MR) is 29.7 cm³/mol. The second kappa shape index (κ2) is 1.98. The van der Waals surface area contributed by atoms with Gasteiger partial charge < -0.3 is 0 Å². The average molecular weight is 202 g/mol. The van der Waals surface area contributed by atoms with Gasteiger partial charge in [0.15, 0.2) is 0 Å². The fraction of sp³-hybridized carbons (Fsp3) is 0. The summed E-state index contributed by atoms with van der Waals surface area (Å²) in [6.07, 6.45) is 0. The normalized spacial score (nSPS) is 8.83. The number of hydrogen-bond donors (Lipinski definition) is 0. The van der Waals surface area contributed by atoms with Gasteiger partial charge in [-0.15, -0.1) is 0 Å². The SMILES string of the molecule is [Sn][c]1ccsc1. The molecule has 29 valence electrons. The van der Waals surface area contributed by atoms with E-state index in [9.17, 15) is 0 Å². The van der Waals surface area contributed by atoms with Gasteiger partial charge in [-0.1, -0.05) is 0 Å². The second-order valence-corrected chi connectivity index (χ2v) is 3.44. The van der Waals surface area contributed by atoms with E-state index in [0.29, 0.717) is 0 Å². The summed E-state index contributed by atoms with van der Waals surface area (Å²) >= 11 is 3.28. The van der Waals surface area contributed by atoms with E-state index in [0.717, 1.165) is 0 Å². The third kappa shape index (κ3) is 0.979. The maximum absolute atomic E-state index is 2.16. The molecule has 1 aromatic rings. The van der Waals surface area contributed by atoms with Crippen molar-refractivity contribution in [3.05, 3.63) is 16.8 Å². The molecule has 0 amide bonds. The van der Waals surface area contributed by atoms with Crippen molar-refractivity contribution in [2.45, 2.75) is 0 Å². The van der Waals surface area contributed by atoms with E-state index in [-0.39, 0.29) is 0 Å². The van der Waals surface area contributed by atoms with Crippen molar-refractivity contribution in [2.24, 2.45) is 0 Å². The summed E-state index contributed by atoms with van der Waals surface area (Å²) < 4.78 is 1.45. The van der Waals surface area contributed by atoms with Crippen LogP contribution >= 0.6 is 11.3 Å². The molecule has 1 aromatic heterocycles. The fourth-order valence-corrected chi connectivity index (χ4v) is 1.96. The molecule has 0 aliphatic heterocycles. The van der Waals surface area contributed by atoms with Crippen molar-refractivity contribution in [3.63, 3.8) is 0 Å². The monoisotopic (exact) mass is 203 g/mol. The van der Waals surface area contributed by atoms with E-state index in [1.807, 2.05) is 0 Å². The minimum atomic E-state index is 1.45. The van der Waals surface area contributed by atoms with Crippen LogP contribution in [-0.2, 0) is 0 Å². The van der Waals surface area contributed by atoms with E-state index in [1.165, 1.54) is 26.1 Å². The Morgan fingerprint density at radius 2 is 2.50 bits per heavy atom. The summed E-state index contributed by atoms with van der Waals surface area (Å²) in [4.78, 5) is 0. The van der Waals surface area contributed by atoms with Crippen LogP contribution in [0.25, 0.3) is 0 Å². The van der Waals surface area contributed by atoms with Gasteiger partial charge in [0.1, 0.15) is 0 Å². The molecule has 0 saturated carbocycles. The van der Waals surface area contributed by atoms with E-state index in [1.54, 1.807) is 11.3 Å². The molecule has 0 spiro atoms. The van der Waals surface area contributed by atoms with Crippen molar-refractivity contribution in [3.8, 4) is 0 Å². The molecule has 0 N–H and O–H groups in total. The Labute approximate surface area is 54.3 Å². The van der Waals surface area contributed by atoms with Crippen LogP contribution in [-0.4, -0.2) is 22.5 Å². The summed E-state index contributed by atoms with van der Waals surface area (Å²) in [5, 5.41) is 4.27. The molecule has 0 nitrogen and oxygen atoms in total.